The van der Waals surface area contributed by atoms with Crippen LogP contribution < -0.4 is 10.6 Å². The number of ketones is 1. The third-order valence-corrected chi connectivity index (χ3v) is 10.2. The number of alkyl halides is 1. The topological polar surface area (TPSA) is 86.4 Å². The molecule has 8 unspecified atom stereocenters. The van der Waals surface area contributed by atoms with Gasteiger partial charge in [-0.3, -0.25) is 14.5 Å². The Hall–Kier alpha value is -1.59. The molecule has 3 saturated heterocycles. The fourth-order valence-electron chi connectivity index (χ4n) is 7.99. The first kappa shape index (κ1) is 27.6. The average Bonchev–Trinajstić information content (AvgIpc) is 3.36. The van der Waals surface area contributed by atoms with E-state index in [1.165, 1.54) is 6.42 Å². The van der Waals surface area contributed by atoms with Gasteiger partial charge in [0.2, 0.25) is 0 Å². The molecule has 2 saturated carbocycles. The number of ether oxygens (including phenoxy) is 2. The van der Waals surface area contributed by atoms with E-state index in [9.17, 15) is 9.59 Å². The van der Waals surface area contributed by atoms with Crippen molar-refractivity contribution in [3.05, 3.63) is 11.8 Å². The van der Waals surface area contributed by atoms with Crippen LogP contribution in [0.1, 0.15) is 51.4 Å². The summed E-state index contributed by atoms with van der Waals surface area (Å²) in [7, 11) is 2.13. The number of hydrogen-bond acceptors (Lipinski definition) is 8. The quantitative estimate of drug-likeness (QED) is 0.437. The van der Waals surface area contributed by atoms with E-state index in [-0.39, 0.29) is 41.9 Å². The lowest BCUT2D eigenvalue weighted by molar-refractivity contribution is -0.197. The molecule has 1 amide bonds. The third-order valence-electron chi connectivity index (χ3n) is 10.2. The Labute approximate surface area is 231 Å². The lowest BCUT2D eigenvalue weighted by atomic mass is 9.69. The Kier molecular flexibility index (Phi) is 8.56. The molecular formula is C29H46FN5O4. The molecule has 4 heterocycles. The highest BCUT2D eigenvalue weighted by molar-refractivity contribution is 6.20. The molecule has 0 radical (unpaired) electrons. The van der Waals surface area contributed by atoms with Crippen LogP contribution in [0.4, 0.5) is 4.39 Å². The number of Topliss-reactive ketones (excluding diaryl/α,β-unsaturated/α-hetero) is 1. The van der Waals surface area contributed by atoms with Crippen molar-refractivity contribution < 1.29 is 23.5 Å². The Morgan fingerprint density at radius 3 is 2.72 bits per heavy atom. The highest BCUT2D eigenvalue weighted by atomic mass is 19.1. The summed E-state index contributed by atoms with van der Waals surface area (Å²) in [5, 5.41) is 6.50. The first-order valence-electron chi connectivity index (χ1n) is 15.4. The highest BCUT2D eigenvalue weighted by Crippen LogP contribution is 2.45. The van der Waals surface area contributed by atoms with Gasteiger partial charge in [-0.1, -0.05) is 12.8 Å². The number of fused-ring (bicyclic) bond motifs is 2. The van der Waals surface area contributed by atoms with Gasteiger partial charge in [0.15, 0.2) is 5.78 Å². The van der Waals surface area contributed by atoms with Crippen LogP contribution in [0, 0.1) is 5.92 Å². The molecule has 0 aromatic heterocycles. The molecule has 39 heavy (non-hydrogen) atoms. The predicted octanol–water partition coefficient (Wildman–Crippen LogP) is 1.08. The van der Waals surface area contributed by atoms with Gasteiger partial charge >= 0.3 is 0 Å². The fourth-order valence-corrected chi connectivity index (χ4v) is 7.99. The van der Waals surface area contributed by atoms with Gasteiger partial charge in [0.1, 0.15) is 6.17 Å². The zero-order chi connectivity index (χ0) is 26.9. The summed E-state index contributed by atoms with van der Waals surface area (Å²) in [4.78, 5) is 34.0. The molecule has 0 spiro atoms. The molecule has 4 aliphatic heterocycles. The maximum Gasteiger partial charge on any atom is 0.256 e. The number of amides is 1. The van der Waals surface area contributed by atoms with Crippen LogP contribution in [0.2, 0.25) is 0 Å². The largest absolute Gasteiger partial charge is 0.379 e. The van der Waals surface area contributed by atoms with E-state index in [2.05, 4.69) is 32.4 Å². The molecule has 8 atom stereocenters. The number of carbonyl (C=O) groups is 2. The van der Waals surface area contributed by atoms with Gasteiger partial charge < -0.3 is 29.9 Å². The van der Waals surface area contributed by atoms with Crippen molar-refractivity contribution >= 4 is 11.7 Å². The van der Waals surface area contributed by atoms with Crippen molar-refractivity contribution in [2.24, 2.45) is 5.92 Å². The average molecular weight is 548 g/mol. The monoisotopic (exact) mass is 547 g/mol. The normalized spacial score (nSPS) is 39.2. The molecule has 10 heteroatoms. The second-order valence-corrected chi connectivity index (χ2v) is 12.4. The van der Waals surface area contributed by atoms with Crippen LogP contribution in [0.5, 0.6) is 0 Å². The number of nitrogens with one attached hydrogen (secondary N) is 2. The van der Waals surface area contributed by atoms with Crippen LogP contribution in [0.25, 0.3) is 0 Å². The molecule has 6 rings (SSSR count). The minimum absolute atomic E-state index is 0.00107. The van der Waals surface area contributed by atoms with Crippen molar-refractivity contribution in [3.8, 4) is 0 Å². The number of rotatable bonds is 8. The number of nitrogens with zero attached hydrogens (tertiary/aromatic N) is 3. The maximum absolute atomic E-state index is 15.8. The maximum atomic E-state index is 15.8. The van der Waals surface area contributed by atoms with E-state index in [4.69, 9.17) is 9.47 Å². The van der Waals surface area contributed by atoms with Gasteiger partial charge in [-0.05, 0) is 52.1 Å². The van der Waals surface area contributed by atoms with Crippen LogP contribution >= 0.6 is 0 Å². The van der Waals surface area contributed by atoms with Crippen LogP contribution in [0.3, 0.4) is 0 Å². The first-order chi connectivity index (χ1) is 19.0. The molecule has 5 fully saturated rings. The molecule has 2 aliphatic carbocycles. The zero-order valence-electron chi connectivity index (χ0n) is 23.4. The number of likely N-dealkylation sites (tertiary alicyclic amines) is 1. The minimum Gasteiger partial charge on any atom is -0.379 e. The van der Waals surface area contributed by atoms with Crippen LogP contribution in [-0.4, -0.2) is 128 Å². The number of carbonyl (C=O) groups excluding carboxylic acids is 2. The van der Waals surface area contributed by atoms with Gasteiger partial charge in [0, 0.05) is 50.9 Å². The fraction of sp³-hybridized carbons (Fsp3) is 0.862. The summed E-state index contributed by atoms with van der Waals surface area (Å²) in [6, 6.07) is -0.0752. The Morgan fingerprint density at radius 1 is 1.10 bits per heavy atom. The Balaban J connectivity index is 1.17. The van der Waals surface area contributed by atoms with Crippen LogP contribution in [-0.2, 0) is 19.1 Å². The van der Waals surface area contributed by atoms with Gasteiger partial charge in [-0.2, -0.15) is 0 Å². The number of hydrogen-bond donors (Lipinski definition) is 2. The summed E-state index contributed by atoms with van der Waals surface area (Å²) in [5.41, 5.74) is 0.201. The predicted molar refractivity (Wildman–Crippen MR) is 145 cm³/mol. The molecule has 0 bridgehead atoms. The summed E-state index contributed by atoms with van der Waals surface area (Å²) in [6.07, 6.45) is 7.66. The van der Waals surface area contributed by atoms with E-state index in [0.29, 0.717) is 19.1 Å². The standard InChI is InChI=1S/C29H46FN5O4/c1-33-11-4-5-19(33)8-9-32-29(37)21-18-35-23-6-2-3-7-24(23)39-28-25(22(30)17-20(26(28)35)27(21)36)31-10-12-34-13-15-38-16-14-34/h18-20,22-26,28,31H,2-17H2,1H3,(H,32,37). The van der Waals surface area contributed by atoms with E-state index in [0.717, 1.165) is 77.9 Å². The molecular weight excluding hydrogens is 501 g/mol. The highest BCUT2D eigenvalue weighted by Gasteiger charge is 2.58. The van der Waals surface area contributed by atoms with Crippen molar-refractivity contribution in [1.82, 2.24) is 25.3 Å². The lowest BCUT2D eigenvalue weighted by Gasteiger charge is -2.59. The molecule has 6 aliphatic rings. The second-order valence-electron chi connectivity index (χ2n) is 12.4. The second kappa shape index (κ2) is 12.1. The van der Waals surface area contributed by atoms with Crippen molar-refractivity contribution in [1.29, 1.82) is 0 Å². The lowest BCUT2D eigenvalue weighted by Crippen LogP contribution is -2.73. The molecule has 2 N–H and O–H groups in total. The van der Waals surface area contributed by atoms with Crippen molar-refractivity contribution in [2.45, 2.75) is 93.9 Å². The van der Waals surface area contributed by atoms with Crippen molar-refractivity contribution in [3.63, 3.8) is 0 Å². The Morgan fingerprint density at radius 2 is 1.92 bits per heavy atom. The van der Waals surface area contributed by atoms with E-state index >= 15 is 4.39 Å². The summed E-state index contributed by atoms with van der Waals surface area (Å²) < 4.78 is 28.0. The molecule has 9 nitrogen and oxygen atoms in total. The third kappa shape index (κ3) is 5.64. The summed E-state index contributed by atoms with van der Waals surface area (Å²) >= 11 is 0. The smallest absolute Gasteiger partial charge is 0.256 e. The molecule has 0 aromatic rings. The molecule has 0 aromatic carbocycles. The van der Waals surface area contributed by atoms with Crippen LogP contribution in [0.15, 0.2) is 11.8 Å². The van der Waals surface area contributed by atoms with E-state index < -0.39 is 24.2 Å². The zero-order valence-corrected chi connectivity index (χ0v) is 23.4. The van der Waals surface area contributed by atoms with E-state index in [1.807, 2.05) is 6.20 Å². The summed E-state index contributed by atoms with van der Waals surface area (Å²) in [6.45, 7) is 6.43. The van der Waals surface area contributed by atoms with Gasteiger partial charge in [-0.15, -0.1) is 0 Å². The van der Waals surface area contributed by atoms with E-state index in [1.54, 1.807) is 0 Å². The number of halogens is 1. The molecule has 218 valence electrons. The minimum atomic E-state index is -1.20. The number of morpholine rings is 2. The SMILES string of the molecule is CN1CCCC1CCNC(=O)C1=CN2C3CCCCC3OC3C(NCCN4CCOCC4)C(F)CC(C1=O)C32. The van der Waals surface area contributed by atoms with Crippen molar-refractivity contribution in [2.75, 3.05) is 59.5 Å². The van der Waals surface area contributed by atoms with Gasteiger partial charge in [0.05, 0.1) is 49.1 Å². The summed E-state index contributed by atoms with van der Waals surface area (Å²) in [5.74, 6) is -1.09. The van der Waals surface area contributed by atoms with Gasteiger partial charge in [-0.25, -0.2) is 4.39 Å². The first-order valence-corrected chi connectivity index (χ1v) is 15.4. The van der Waals surface area contributed by atoms with Gasteiger partial charge in [0.25, 0.3) is 5.91 Å². The Bertz CT molecular complexity index is 929.